The molecule has 0 aromatic rings. The summed E-state index contributed by atoms with van der Waals surface area (Å²) in [7, 11) is 0. The normalized spacial score (nSPS) is 25.9. The summed E-state index contributed by atoms with van der Waals surface area (Å²) in [4.78, 5) is 10.4. The van der Waals surface area contributed by atoms with Crippen LogP contribution in [0, 0.1) is 0 Å². The summed E-state index contributed by atoms with van der Waals surface area (Å²) in [6, 6.07) is 0. The largest absolute Gasteiger partial charge is 0.481 e. The fourth-order valence-corrected chi connectivity index (χ4v) is 2.98. The van der Waals surface area contributed by atoms with Gasteiger partial charge in [0.05, 0.1) is 30.5 Å². The van der Waals surface area contributed by atoms with Crippen LogP contribution in [0.15, 0.2) is 24.3 Å². The zero-order chi connectivity index (χ0) is 19.4. The molecule has 6 heteroatoms. The number of aliphatic hydroxyl groups is 3. The summed E-state index contributed by atoms with van der Waals surface area (Å²) in [6.07, 6.45) is 10.3. The predicted molar refractivity (Wildman–Crippen MR) is 99.8 cm³/mol. The highest BCUT2D eigenvalue weighted by molar-refractivity contribution is 5.66. The van der Waals surface area contributed by atoms with Gasteiger partial charge in [0.25, 0.3) is 0 Å². The maximum Gasteiger partial charge on any atom is 0.303 e. The first-order valence-electron chi connectivity index (χ1n) is 9.68. The van der Waals surface area contributed by atoms with E-state index in [1.54, 1.807) is 0 Å². The predicted octanol–water partition coefficient (Wildman–Crippen LogP) is 2.56. The van der Waals surface area contributed by atoms with Crippen molar-refractivity contribution in [1.82, 2.24) is 0 Å². The zero-order valence-corrected chi connectivity index (χ0v) is 15.7. The van der Waals surface area contributed by atoms with Crippen molar-refractivity contribution in [2.45, 2.75) is 95.2 Å². The highest BCUT2D eigenvalue weighted by Gasteiger charge is 2.36. The first kappa shape index (κ1) is 22.8. The van der Waals surface area contributed by atoms with Crippen LogP contribution in [0.5, 0.6) is 0 Å². The SMILES string of the molecule is CCCCC/C=C\C[C@@H]1O[C@@H]([C@@H](O)/C=C/[C@H](O)CCCC(=O)O)C[C@@H]1O. The van der Waals surface area contributed by atoms with Crippen LogP contribution < -0.4 is 0 Å². The van der Waals surface area contributed by atoms with E-state index in [1.165, 1.54) is 31.4 Å². The Labute approximate surface area is 156 Å². The maximum absolute atomic E-state index is 10.4. The number of carboxylic acids is 1. The molecular weight excluding hydrogens is 336 g/mol. The molecule has 1 aliphatic rings. The minimum Gasteiger partial charge on any atom is -0.481 e. The van der Waals surface area contributed by atoms with Gasteiger partial charge in [-0.1, -0.05) is 44.1 Å². The molecule has 1 heterocycles. The van der Waals surface area contributed by atoms with Crippen molar-refractivity contribution in [3.63, 3.8) is 0 Å². The number of hydrogen-bond acceptors (Lipinski definition) is 5. The molecule has 1 fully saturated rings. The van der Waals surface area contributed by atoms with Gasteiger partial charge in [0, 0.05) is 12.8 Å². The van der Waals surface area contributed by atoms with Crippen LogP contribution in [0.25, 0.3) is 0 Å². The number of carbonyl (C=O) groups is 1. The van der Waals surface area contributed by atoms with E-state index in [4.69, 9.17) is 9.84 Å². The molecule has 0 aromatic heterocycles. The van der Waals surface area contributed by atoms with Gasteiger partial charge >= 0.3 is 5.97 Å². The number of unbranched alkanes of at least 4 members (excludes halogenated alkanes) is 3. The van der Waals surface area contributed by atoms with Crippen LogP contribution in [0.2, 0.25) is 0 Å². The lowest BCUT2D eigenvalue weighted by Crippen LogP contribution is -2.24. The van der Waals surface area contributed by atoms with Gasteiger partial charge in [0.15, 0.2) is 0 Å². The van der Waals surface area contributed by atoms with Gasteiger partial charge in [0.1, 0.15) is 0 Å². The minimum absolute atomic E-state index is 0.0129. The summed E-state index contributed by atoms with van der Waals surface area (Å²) >= 11 is 0. The van der Waals surface area contributed by atoms with Crippen LogP contribution in [0.4, 0.5) is 0 Å². The second-order valence-electron chi connectivity index (χ2n) is 6.95. The molecule has 0 unspecified atom stereocenters. The molecule has 1 saturated heterocycles. The lowest BCUT2D eigenvalue weighted by molar-refractivity contribution is -0.137. The lowest BCUT2D eigenvalue weighted by Gasteiger charge is -2.16. The van der Waals surface area contributed by atoms with Gasteiger partial charge in [-0.3, -0.25) is 4.79 Å². The van der Waals surface area contributed by atoms with Crippen LogP contribution in [-0.4, -0.2) is 56.9 Å². The topological polar surface area (TPSA) is 107 Å². The number of rotatable bonds is 13. The van der Waals surface area contributed by atoms with Gasteiger partial charge in [0.2, 0.25) is 0 Å². The minimum atomic E-state index is -0.905. The molecule has 5 atom stereocenters. The molecule has 0 amide bonds. The number of aliphatic hydroxyl groups excluding tert-OH is 3. The molecule has 26 heavy (non-hydrogen) atoms. The lowest BCUT2D eigenvalue weighted by atomic mass is 10.0. The maximum atomic E-state index is 10.4. The molecule has 0 saturated carbocycles. The van der Waals surface area contributed by atoms with Gasteiger partial charge < -0.3 is 25.2 Å². The molecule has 6 nitrogen and oxygen atoms in total. The molecular formula is C20H34O6. The van der Waals surface area contributed by atoms with E-state index in [2.05, 4.69) is 13.0 Å². The van der Waals surface area contributed by atoms with Crippen molar-refractivity contribution >= 4 is 5.97 Å². The molecule has 150 valence electrons. The monoisotopic (exact) mass is 370 g/mol. The Bertz CT molecular complexity index is 448. The van der Waals surface area contributed by atoms with Crippen molar-refractivity contribution in [2.24, 2.45) is 0 Å². The third kappa shape index (κ3) is 9.48. The Kier molecular flexibility index (Phi) is 11.4. The van der Waals surface area contributed by atoms with E-state index in [9.17, 15) is 20.1 Å². The molecule has 1 rings (SSSR count). The van der Waals surface area contributed by atoms with Crippen LogP contribution in [0.1, 0.15) is 64.7 Å². The number of allylic oxidation sites excluding steroid dienone is 1. The van der Waals surface area contributed by atoms with Crippen molar-refractivity contribution in [1.29, 1.82) is 0 Å². The second-order valence-corrected chi connectivity index (χ2v) is 6.95. The highest BCUT2D eigenvalue weighted by Crippen LogP contribution is 2.26. The van der Waals surface area contributed by atoms with Crippen molar-refractivity contribution in [3.8, 4) is 0 Å². The fraction of sp³-hybridized carbons (Fsp3) is 0.750. The average Bonchev–Trinajstić information content (AvgIpc) is 2.96. The molecule has 0 radical (unpaired) electrons. The summed E-state index contributed by atoms with van der Waals surface area (Å²) in [5.74, 6) is -0.889. The first-order valence-corrected chi connectivity index (χ1v) is 9.68. The number of ether oxygens (including phenoxy) is 1. The Balaban J connectivity index is 2.31. The molecule has 0 bridgehead atoms. The summed E-state index contributed by atoms with van der Waals surface area (Å²) in [5.41, 5.74) is 0. The summed E-state index contributed by atoms with van der Waals surface area (Å²) in [6.45, 7) is 2.17. The Morgan fingerprint density at radius 1 is 1.19 bits per heavy atom. The van der Waals surface area contributed by atoms with Gasteiger partial charge in [-0.05, 0) is 32.1 Å². The molecule has 0 aliphatic carbocycles. The molecule has 4 N–H and O–H groups in total. The van der Waals surface area contributed by atoms with Gasteiger partial charge in [-0.25, -0.2) is 0 Å². The van der Waals surface area contributed by atoms with Crippen LogP contribution in [0.3, 0.4) is 0 Å². The van der Waals surface area contributed by atoms with Gasteiger partial charge in [-0.15, -0.1) is 0 Å². The second kappa shape index (κ2) is 13.0. The van der Waals surface area contributed by atoms with E-state index < -0.39 is 30.4 Å². The fourth-order valence-electron chi connectivity index (χ4n) is 2.98. The number of hydrogen-bond donors (Lipinski definition) is 4. The van der Waals surface area contributed by atoms with Crippen molar-refractivity contribution in [2.75, 3.05) is 0 Å². The highest BCUT2D eigenvalue weighted by atomic mass is 16.5. The van der Waals surface area contributed by atoms with Crippen molar-refractivity contribution < 1.29 is 30.0 Å². The third-order valence-corrected chi connectivity index (χ3v) is 4.56. The Morgan fingerprint density at radius 2 is 1.96 bits per heavy atom. The smallest absolute Gasteiger partial charge is 0.303 e. The molecule has 1 aliphatic heterocycles. The van der Waals surface area contributed by atoms with Gasteiger partial charge in [-0.2, -0.15) is 0 Å². The average molecular weight is 370 g/mol. The first-order chi connectivity index (χ1) is 12.4. The Morgan fingerprint density at radius 3 is 2.65 bits per heavy atom. The summed E-state index contributed by atoms with van der Waals surface area (Å²) < 4.78 is 5.75. The van der Waals surface area contributed by atoms with E-state index in [0.29, 0.717) is 25.7 Å². The zero-order valence-electron chi connectivity index (χ0n) is 15.7. The summed E-state index contributed by atoms with van der Waals surface area (Å²) in [5, 5.41) is 38.6. The Hall–Kier alpha value is -1.21. The van der Waals surface area contributed by atoms with E-state index >= 15 is 0 Å². The van der Waals surface area contributed by atoms with Crippen molar-refractivity contribution in [3.05, 3.63) is 24.3 Å². The quantitative estimate of drug-likeness (QED) is 0.293. The number of carboxylic acid groups (broad SMARTS) is 1. The van der Waals surface area contributed by atoms with E-state index in [1.807, 2.05) is 6.08 Å². The van der Waals surface area contributed by atoms with E-state index in [-0.39, 0.29) is 12.5 Å². The number of aliphatic carboxylic acids is 1. The van der Waals surface area contributed by atoms with Crippen LogP contribution >= 0.6 is 0 Å². The van der Waals surface area contributed by atoms with E-state index in [0.717, 1.165) is 6.42 Å². The third-order valence-electron chi connectivity index (χ3n) is 4.56. The van der Waals surface area contributed by atoms with Crippen LogP contribution in [-0.2, 0) is 9.53 Å². The molecule has 0 aromatic carbocycles. The molecule has 0 spiro atoms. The standard InChI is InChI=1S/C20H34O6/c1-2-3-4-5-6-7-10-18-17(23)14-19(26-18)16(22)13-12-15(21)9-8-11-20(24)25/h6-7,12-13,15-19,21-23H,2-5,8-11,14H2,1H3,(H,24,25)/b7-6-,13-12+/t15-,16+,17+,18+,19-/m1/s1.